The van der Waals surface area contributed by atoms with Gasteiger partial charge in [-0.3, -0.25) is 4.79 Å². The van der Waals surface area contributed by atoms with Gasteiger partial charge in [-0.2, -0.15) is 0 Å². The Morgan fingerprint density at radius 1 is 1.25 bits per heavy atom. The molecule has 5 rings (SSSR count). The van der Waals surface area contributed by atoms with Crippen LogP contribution in [-0.4, -0.2) is 41.4 Å². The van der Waals surface area contributed by atoms with Gasteiger partial charge in [-0.25, -0.2) is 4.98 Å². The molecule has 0 radical (unpaired) electrons. The van der Waals surface area contributed by atoms with Gasteiger partial charge < -0.3 is 24.8 Å². The van der Waals surface area contributed by atoms with Crippen LogP contribution in [0, 0.1) is 5.92 Å². The maximum atomic E-state index is 13.8. The highest BCUT2D eigenvalue weighted by atomic mass is 16.5. The zero-order chi connectivity index (χ0) is 22.3. The number of benzene rings is 1. The molecule has 0 bridgehead atoms. The van der Waals surface area contributed by atoms with Crippen molar-refractivity contribution in [1.82, 2.24) is 4.98 Å². The zero-order valence-corrected chi connectivity index (χ0v) is 18.7. The van der Waals surface area contributed by atoms with E-state index in [1.807, 2.05) is 35.2 Å². The molecule has 1 amide bonds. The second-order valence-electron chi connectivity index (χ2n) is 9.48. The Hall–Kier alpha value is -2.48. The lowest BCUT2D eigenvalue weighted by Gasteiger charge is -2.38. The van der Waals surface area contributed by atoms with Crippen molar-refractivity contribution >= 4 is 23.1 Å². The van der Waals surface area contributed by atoms with Crippen LogP contribution in [0.3, 0.4) is 0 Å². The predicted octanol–water partition coefficient (Wildman–Crippen LogP) is 3.87. The molecule has 1 saturated carbocycles. The number of nitrogens with zero attached hydrogens (tertiary/aromatic N) is 2. The third-order valence-electron chi connectivity index (χ3n) is 6.73. The third-order valence-corrected chi connectivity index (χ3v) is 6.73. The Kier molecular flexibility index (Phi) is 5.65. The van der Waals surface area contributed by atoms with Crippen molar-refractivity contribution in [2.75, 3.05) is 23.4 Å². The fraction of sp³-hybridized carbons (Fsp3) is 0.520. The van der Waals surface area contributed by atoms with Crippen LogP contribution in [0.15, 0.2) is 36.5 Å². The van der Waals surface area contributed by atoms with Crippen LogP contribution < -0.4 is 10.2 Å². The minimum atomic E-state index is -0.993. The predicted molar refractivity (Wildman–Crippen MR) is 122 cm³/mol. The maximum absolute atomic E-state index is 13.8. The molecule has 2 N–H and O–H groups in total. The van der Waals surface area contributed by atoms with Crippen LogP contribution in [-0.2, 0) is 26.4 Å². The molecule has 0 spiro atoms. The summed E-state index contributed by atoms with van der Waals surface area (Å²) in [6, 6.07) is 9.66. The number of amides is 1. The highest BCUT2D eigenvalue weighted by Crippen LogP contribution is 2.41. The van der Waals surface area contributed by atoms with Gasteiger partial charge in [0.1, 0.15) is 11.4 Å². The number of carbonyl (C=O) groups is 1. The van der Waals surface area contributed by atoms with E-state index in [9.17, 15) is 9.90 Å². The number of fused-ring (bicyclic) bond motifs is 2. The van der Waals surface area contributed by atoms with E-state index in [4.69, 9.17) is 9.47 Å². The van der Waals surface area contributed by atoms with Crippen molar-refractivity contribution in [2.45, 2.75) is 63.9 Å². The Morgan fingerprint density at radius 2 is 2.03 bits per heavy atom. The highest BCUT2D eigenvalue weighted by molar-refractivity contribution is 5.99. The lowest BCUT2D eigenvalue weighted by Crippen LogP contribution is -2.46. The smallest absolute Gasteiger partial charge is 0.230 e. The molecular weight excluding hydrogens is 406 g/mol. The number of nitrogens with one attached hydrogen (secondary N) is 1. The van der Waals surface area contributed by atoms with E-state index in [1.54, 1.807) is 6.20 Å². The first-order chi connectivity index (χ1) is 15.4. The molecule has 2 fully saturated rings. The molecule has 1 aromatic carbocycles. The van der Waals surface area contributed by atoms with Crippen LogP contribution in [0.4, 0.5) is 17.2 Å². The first kappa shape index (κ1) is 21.4. The number of aromatic nitrogens is 1. The van der Waals surface area contributed by atoms with Gasteiger partial charge in [0, 0.05) is 17.7 Å². The molecule has 0 atom stereocenters. The molecular formula is C25H31N3O4. The largest absolute Gasteiger partial charge is 0.380 e. The van der Waals surface area contributed by atoms with E-state index in [0.29, 0.717) is 6.54 Å². The monoisotopic (exact) mass is 437 g/mol. The van der Waals surface area contributed by atoms with Gasteiger partial charge >= 0.3 is 0 Å². The van der Waals surface area contributed by atoms with Crippen LogP contribution in [0.2, 0.25) is 0 Å². The Balaban J connectivity index is 1.45. The number of hydrogen-bond donors (Lipinski definition) is 2. The molecule has 1 saturated heterocycles. The van der Waals surface area contributed by atoms with Crippen molar-refractivity contribution in [3.05, 3.63) is 47.7 Å². The molecule has 7 heteroatoms. The van der Waals surface area contributed by atoms with Gasteiger partial charge in [0.05, 0.1) is 43.3 Å². The second kappa shape index (κ2) is 8.46. The van der Waals surface area contributed by atoms with Gasteiger partial charge in [0.2, 0.25) is 5.91 Å². The van der Waals surface area contributed by atoms with Gasteiger partial charge in [0.25, 0.3) is 0 Å². The summed E-state index contributed by atoms with van der Waals surface area (Å²) >= 11 is 0. The lowest BCUT2D eigenvalue weighted by atomic mass is 9.86. The molecule has 0 unspecified atom stereocenters. The minimum Gasteiger partial charge on any atom is -0.380 e. The lowest BCUT2D eigenvalue weighted by molar-refractivity contribution is -0.184. The zero-order valence-electron chi connectivity index (χ0n) is 18.7. The molecule has 170 valence electrons. The number of carbonyl (C=O) groups excluding carboxylic acids is 1. The van der Waals surface area contributed by atoms with Crippen molar-refractivity contribution in [1.29, 1.82) is 0 Å². The van der Waals surface area contributed by atoms with E-state index in [0.717, 1.165) is 54.0 Å². The van der Waals surface area contributed by atoms with E-state index >= 15 is 0 Å². The summed E-state index contributed by atoms with van der Waals surface area (Å²) in [5.41, 5.74) is 2.36. The van der Waals surface area contributed by atoms with Crippen molar-refractivity contribution in [3.8, 4) is 0 Å². The van der Waals surface area contributed by atoms with Crippen molar-refractivity contribution in [2.24, 2.45) is 5.92 Å². The van der Waals surface area contributed by atoms with Crippen LogP contribution >= 0.6 is 0 Å². The van der Waals surface area contributed by atoms with E-state index in [2.05, 4.69) is 24.1 Å². The fourth-order valence-corrected chi connectivity index (χ4v) is 4.92. The van der Waals surface area contributed by atoms with Gasteiger partial charge in [-0.1, -0.05) is 12.1 Å². The Bertz CT molecular complexity index is 996. The van der Waals surface area contributed by atoms with Crippen LogP contribution in [0.25, 0.3) is 0 Å². The summed E-state index contributed by atoms with van der Waals surface area (Å²) in [5.74, 6) is 0.852. The molecule has 2 aromatic rings. The summed E-state index contributed by atoms with van der Waals surface area (Å²) in [6.07, 6.45) is 5.66. The molecule has 2 aliphatic heterocycles. The third kappa shape index (κ3) is 4.00. The average Bonchev–Trinajstić information content (AvgIpc) is 2.93. The standard InChI is InChI=1S/C25H31N3O4/c1-16(2)32-20-8-5-17(6-9-20)24(29)28-13-18-4-3-11-26-23(18)27-21-10-7-19(12-22(21)28)25(30)14-31-15-25/h3-4,7,10-12,16-17,20,30H,5-6,8-9,13-15H2,1-2H3,(H,26,27)/t17-,20-. The fourth-order valence-electron chi connectivity index (χ4n) is 4.92. The van der Waals surface area contributed by atoms with E-state index in [-0.39, 0.29) is 37.2 Å². The second-order valence-corrected chi connectivity index (χ2v) is 9.48. The summed E-state index contributed by atoms with van der Waals surface area (Å²) < 4.78 is 11.2. The van der Waals surface area contributed by atoms with E-state index in [1.165, 1.54) is 0 Å². The molecule has 1 aromatic heterocycles. The van der Waals surface area contributed by atoms with Crippen LogP contribution in [0.5, 0.6) is 0 Å². The quantitative estimate of drug-likeness (QED) is 0.755. The molecule has 1 aliphatic carbocycles. The number of rotatable bonds is 4. The topological polar surface area (TPSA) is 83.9 Å². The number of hydrogen-bond acceptors (Lipinski definition) is 6. The van der Waals surface area contributed by atoms with Gasteiger partial charge in [-0.05, 0) is 63.3 Å². The van der Waals surface area contributed by atoms with Gasteiger partial charge in [-0.15, -0.1) is 0 Å². The molecule has 7 nitrogen and oxygen atoms in total. The van der Waals surface area contributed by atoms with Crippen molar-refractivity contribution < 1.29 is 19.4 Å². The average molecular weight is 438 g/mol. The minimum absolute atomic E-state index is 0.0353. The Labute approximate surface area is 188 Å². The first-order valence-electron chi connectivity index (χ1n) is 11.6. The SMILES string of the molecule is CC(C)O[C@H]1CC[C@H](C(=O)N2Cc3cccnc3Nc3ccc(C4(O)COC4)cc32)CC1. The molecule has 3 aliphatic rings. The highest BCUT2D eigenvalue weighted by Gasteiger charge is 2.40. The van der Waals surface area contributed by atoms with Crippen LogP contribution in [0.1, 0.15) is 50.7 Å². The summed E-state index contributed by atoms with van der Waals surface area (Å²) in [4.78, 5) is 20.2. The van der Waals surface area contributed by atoms with E-state index < -0.39 is 5.60 Å². The number of aliphatic hydroxyl groups is 1. The summed E-state index contributed by atoms with van der Waals surface area (Å²) in [6.45, 7) is 5.11. The molecule has 32 heavy (non-hydrogen) atoms. The van der Waals surface area contributed by atoms with Gasteiger partial charge in [0.15, 0.2) is 0 Å². The summed E-state index contributed by atoms with van der Waals surface area (Å²) in [7, 11) is 0. The first-order valence-corrected chi connectivity index (χ1v) is 11.6. The molecule has 3 heterocycles. The Morgan fingerprint density at radius 3 is 2.72 bits per heavy atom. The number of pyridine rings is 1. The number of ether oxygens (including phenoxy) is 2. The normalized spacial score (nSPS) is 24.1. The maximum Gasteiger partial charge on any atom is 0.230 e. The summed E-state index contributed by atoms with van der Waals surface area (Å²) in [5, 5.41) is 14.2. The van der Waals surface area contributed by atoms with Crippen molar-refractivity contribution in [3.63, 3.8) is 0 Å². The number of anilines is 3.